The second kappa shape index (κ2) is 5.19. The van der Waals surface area contributed by atoms with E-state index >= 15 is 0 Å². The number of halogens is 1. The number of nitrogens with zero attached hydrogens (tertiary/aromatic N) is 1. The lowest BCUT2D eigenvalue weighted by Gasteiger charge is -2.05. The molecule has 0 fully saturated rings. The molecule has 18 heavy (non-hydrogen) atoms. The number of benzene rings is 1. The molecule has 0 saturated heterocycles. The second-order valence-electron chi connectivity index (χ2n) is 4.11. The number of thiophene rings is 1. The van der Waals surface area contributed by atoms with Crippen LogP contribution in [0.4, 0.5) is 10.1 Å². The van der Waals surface area contributed by atoms with Crippen LogP contribution in [0.25, 0.3) is 0 Å². The molecule has 0 aliphatic rings. The Morgan fingerprint density at radius 1 is 1.33 bits per heavy atom. The van der Waals surface area contributed by atoms with Gasteiger partial charge in [0.1, 0.15) is 11.9 Å². The van der Waals surface area contributed by atoms with Gasteiger partial charge in [-0.15, -0.1) is 11.3 Å². The molecular weight excluding hydrogens is 247 g/mol. The lowest BCUT2D eigenvalue weighted by molar-refractivity contribution is 0.624. The van der Waals surface area contributed by atoms with Gasteiger partial charge in [0.25, 0.3) is 0 Å². The smallest absolute Gasteiger partial charge is 0.143 e. The van der Waals surface area contributed by atoms with Gasteiger partial charge in [-0.2, -0.15) is 5.26 Å². The minimum atomic E-state index is -0.485. The molecule has 1 heterocycles. The summed E-state index contributed by atoms with van der Waals surface area (Å²) in [5.41, 5.74) is 2.04. The molecule has 1 aromatic carbocycles. The predicted molar refractivity (Wildman–Crippen MR) is 72.2 cm³/mol. The van der Waals surface area contributed by atoms with Crippen molar-refractivity contribution in [3.63, 3.8) is 0 Å². The summed E-state index contributed by atoms with van der Waals surface area (Å²) in [4.78, 5) is 2.52. The molecule has 0 amide bonds. The van der Waals surface area contributed by atoms with Crippen molar-refractivity contribution in [2.45, 2.75) is 20.4 Å². The van der Waals surface area contributed by atoms with E-state index in [9.17, 15) is 4.39 Å². The van der Waals surface area contributed by atoms with Crippen molar-refractivity contribution in [2.24, 2.45) is 0 Å². The fraction of sp³-hybridized carbons (Fsp3) is 0.214. The van der Waals surface area contributed by atoms with E-state index in [1.165, 1.54) is 27.5 Å². The lowest BCUT2D eigenvalue weighted by atomic mass is 10.2. The first-order valence-electron chi connectivity index (χ1n) is 5.59. The quantitative estimate of drug-likeness (QED) is 0.905. The number of anilines is 1. The van der Waals surface area contributed by atoms with E-state index in [1.54, 1.807) is 23.5 Å². The molecule has 0 aliphatic carbocycles. The van der Waals surface area contributed by atoms with E-state index in [4.69, 9.17) is 5.26 Å². The Morgan fingerprint density at radius 2 is 2.11 bits per heavy atom. The summed E-state index contributed by atoms with van der Waals surface area (Å²) in [6.07, 6.45) is 0. The Labute approximate surface area is 110 Å². The Bertz CT molecular complexity index is 591. The molecule has 2 aromatic rings. The minimum absolute atomic E-state index is 0.0726. The van der Waals surface area contributed by atoms with Gasteiger partial charge in [0.05, 0.1) is 5.56 Å². The van der Waals surface area contributed by atoms with E-state index in [-0.39, 0.29) is 5.56 Å². The zero-order valence-electron chi connectivity index (χ0n) is 10.2. The van der Waals surface area contributed by atoms with E-state index in [0.29, 0.717) is 12.2 Å². The number of aryl methyl sites for hydroxylation is 2. The zero-order valence-corrected chi connectivity index (χ0v) is 11.1. The highest BCUT2D eigenvalue weighted by molar-refractivity contribution is 7.12. The first-order chi connectivity index (χ1) is 8.60. The van der Waals surface area contributed by atoms with Gasteiger partial charge >= 0.3 is 0 Å². The summed E-state index contributed by atoms with van der Waals surface area (Å²) < 4.78 is 13.4. The van der Waals surface area contributed by atoms with Gasteiger partial charge < -0.3 is 5.32 Å². The summed E-state index contributed by atoms with van der Waals surface area (Å²) in [7, 11) is 0. The van der Waals surface area contributed by atoms with E-state index in [0.717, 1.165) is 0 Å². The van der Waals surface area contributed by atoms with Crippen molar-refractivity contribution < 1.29 is 4.39 Å². The van der Waals surface area contributed by atoms with Crippen LogP contribution in [0.3, 0.4) is 0 Å². The SMILES string of the molecule is Cc1cc(CNc2ccc(C#N)c(F)c2)sc1C. The Morgan fingerprint density at radius 3 is 2.67 bits per heavy atom. The van der Waals surface area contributed by atoms with Crippen molar-refractivity contribution in [2.75, 3.05) is 5.32 Å². The van der Waals surface area contributed by atoms with Crippen LogP contribution in [0.2, 0.25) is 0 Å². The second-order valence-corrected chi connectivity index (χ2v) is 5.45. The monoisotopic (exact) mass is 260 g/mol. The molecule has 0 spiro atoms. The topological polar surface area (TPSA) is 35.8 Å². The highest BCUT2D eigenvalue weighted by Crippen LogP contribution is 2.22. The number of nitrogens with one attached hydrogen (secondary N) is 1. The van der Waals surface area contributed by atoms with Crippen LogP contribution in [0.5, 0.6) is 0 Å². The number of hydrogen-bond donors (Lipinski definition) is 1. The zero-order chi connectivity index (χ0) is 13.1. The van der Waals surface area contributed by atoms with Crippen LogP contribution >= 0.6 is 11.3 Å². The van der Waals surface area contributed by atoms with Gasteiger partial charge in [0, 0.05) is 22.0 Å². The first-order valence-corrected chi connectivity index (χ1v) is 6.41. The van der Waals surface area contributed by atoms with Crippen molar-refractivity contribution in [3.8, 4) is 6.07 Å². The highest BCUT2D eigenvalue weighted by Gasteiger charge is 2.04. The molecule has 0 saturated carbocycles. The summed E-state index contributed by atoms with van der Waals surface area (Å²) >= 11 is 1.74. The Balaban J connectivity index is 2.07. The van der Waals surface area contributed by atoms with Crippen molar-refractivity contribution >= 4 is 17.0 Å². The molecule has 2 rings (SSSR count). The summed E-state index contributed by atoms with van der Waals surface area (Å²) in [5, 5.41) is 11.8. The maximum atomic E-state index is 13.4. The molecule has 0 atom stereocenters. The molecular formula is C14H13FN2S. The molecule has 92 valence electrons. The van der Waals surface area contributed by atoms with Crippen LogP contribution in [0.15, 0.2) is 24.3 Å². The van der Waals surface area contributed by atoms with E-state index in [1.807, 2.05) is 0 Å². The van der Waals surface area contributed by atoms with Crippen LogP contribution in [0.1, 0.15) is 20.9 Å². The van der Waals surface area contributed by atoms with Crippen LogP contribution in [-0.4, -0.2) is 0 Å². The maximum Gasteiger partial charge on any atom is 0.143 e. The highest BCUT2D eigenvalue weighted by atomic mass is 32.1. The third-order valence-corrected chi connectivity index (χ3v) is 3.93. The molecule has 2 nitrogen and oxygen atoms in total. The summed E-state index contributed by atoms with van der Waals surface area (Å²) in [5.74, 6) is -0.485. The fourth-order valence-corrected chi connectivity index (χ4v) is 2.63. The molecule has 1 aromatic heterocycles. The maximum absolute atomic E-state index is 13.4. The number of nitriles is 1. The third-order valence-electron chi connectivity index (χ3n) is 2.77. The van der Waals surface area contributed by atoms with Gasteiger partial charge in [0.2, 0.25) is 0 Å². The largest absolute Gasteiger partial charge is 0.380 e. The fourth-order valence-electron chi connectivity index (χ4n) is 1.64. The van der Waals surface area contributed by atoms with Crippen molar-refractivity contribution in [1.29, 1.82) is 5.26 Å². The molecule has 0 bridgehead atoms. The predicted octanol–water partition coefficient (Wildman–Crippen LogP) is 3.99. The standard InChI is InChI=1S/C14H13FN2S/c1-9-5-13(18-10(9)2)8-17-12-4-3-11(7-16)14(15)6-12/h3-6,17H,8H2,1-2H3. The average Bonchev–Trinajstić information content (AvgIpc) is 2.66. The summed E-state index contributed by atoms with van der Waals surface area (Å²) in [6.45, 7) is 4.84. The molecule has 1 N–H and O–H groups in total. The normalized spacial score (nSPS) is 10.1. The molecule has 0 radical (unpaired) electrons. The Kier molecular flexibility index (Phi) is 3.63. The van der Waals surface area contributed by atoms with Crippen LogP contribution in [0, 0.1) is 31.0 Å². The van der Waals surface area contributed by atoms with Gasteiger partial charge in [0.15, 0.2) is 0 Å². The van der Waals surface area contributed by atoms with Crippen molar-refractivity contribution in [3.05, 3.63) is 51.0 Å². The van der Waals surface area contributed by atoms with Gasteiger partial charge in [-0.3, -0.25) is 0 Å². The number of rotatable bonds is 3. The third kappa shape index (κ3) is 2.69. The molecule has 0 unspecified atom stereocenters. The average molecular weight is 260 g/mol. The van der Waals surface area contributed by atoms with Gasteiger partial charge in [-0.25, -0.2) is 4.39 Å². The van der Waals surface area contributed by atoms with Gasteiger partial charge in [-0.1, -0.05) is 0 Å². The number of hydrogen-bond acceptors (Lipinski definition) is 3. The molecule has 0 aliphatic heterocycles. The van der Waals surface area contributed by atoms with E-state index in [2.05, 4.69) is 25.2 Å². The van der Waals surface area contributed by atoms with E-state index < -0.39 is 5.82 Å². The first kappa shape index (κ1) is 12.6. The minimum Gasteiger partial charge on any atom is -0.380 e. The Hall–Kier alpha value is -1.86. The van der Waals surface area contributed by atoms with Crippen molar-refractivity contribution in [1.82, 2.24) is 0 Å². The van der Waals surface area contributed by atoms with Crippen LogP contribution < -0.4 is 5.32 Å². The summed E-state index contributed by atoms with van der Waals surface area (Å²) in [6, 6.07) is 8.50. The lowest BCUT2D eigenvalue weighted by Crippen LogP contribution is -1.98. The molecule has 4 heteroatoms. The van der Waals surface area contributed by atoms with Crippen LogP contribution in [-0.2, 0) is 6.54 Å². The van der Waals surface area contributed by atoms with Gasteiger partial charge in [-0.05, 0) is 43.7 Å².